The lowest BCUT2D eigenvalue weighted by Gasteiger charge is -2.18. The number of hydrogen-bond acceptors (Lipinski definition) is 5. The van der Waals surface area contributed by atoms with E-state index in [4.69, 9.17) is 30.1 Å². The normalized spacial score (nSPS) is 11.1. The van der Waals surface area contributed by atoms with Crippen LogP contribution in [0, 0.1) is 0 Å². The van der Waals surface area contributed by atoms with Crippen LogP contribution in [-0.4, -0.2) is 21.3 Å². The molecule has 1 aromatic rings. The molecule has 0 heterocycles. The quantitative estimate of drug-likeness (QED) is 0.749. The molecular formula is C9H13O4PS. The van der Waals surface area contributed by atoms with Gasteiger partial charge in [-0.25, -0.2) is 0 Å². The number of hydrogen-bond donors (Lipinski definition) is 0. The summed E-state index contributed by atoms with van der Waals surface area (Å²) in [6, 6.07) is 7.05. The molecule has 0 aromatic heterocycles. The molecule has 0 aliphatic heterocycles. The van der Waals surface area contributed by atoms with Crippen molar-refractivity contribution < 1.29 is 18.3 Å². The third-order valence-electron chi connectivity index (χ3n) is 1.72. The molecule has 15 heavy (non-hydrogen) atoms. The first-order valence-corrected chi connectivity index (χ1v) is 6.74. The zero-order valence-electron chi connectivity index (χ0n) is 8.80. The minimum Gasteiger partial charge on any atom is -0.497 e. The molecule has 4 nitrogen and oxygen atoms in total. The first-order valence-electron chi connectivity index (χ1n) is 4.18. The predicted molar refractivity (Wildman–Crippen MR) is 61.9 cm³/mol. The SMILES string of the molecule is COc1ccc(OP(=S)(OC)OC)cc1. The van der Waals surface area contributed by atoms with E-state index in [1.54, 1.807) is 31.4 Å². The van der Waals surface area contributed by atoms with Crippen LogP contribution in [0.5, 0.6) is 11.5 Å². The summed E-state index contributed by atoms with van der Waals surface area (Å²) in [6.45, 7) is -2.63. The fourth-order valence-corrected chi connectivity index (χ4v) is 1.85. The molecule has 0 fully saturated rings. The molecule has 0 unspecified atom stereocenters. The standard InChI is InChI=1S/C9H13O4PS/c1-10-8-4-6-9(7-5-8)13-14(15,11-2)12-3/h4-7H,1-3H3. The van der Waals surface area contributed by atoms with Crippen molar-refractivity contribution in [2.75, 3.05) is 21.3 Å². The van der Waals surface area contributed by atoms with Crippen LogP contribution in [0.1, 0.15) is 0 Å². The molecule has 0 saturated heterocycles. The highest BCUT2D eigenvalue weighted by Gasteiger charge is 2.17. The van der Waals surface area contributed by atoms with Crippen molar-refractivity contribution >= 4 is 18.5 Å². The van der Waals surface area contributed by atoms with Crippen molar-refractivity contribution in [3.8, 4) is 11.5 Å². The number of benzene rings is 1. The van der Waals surface area contributed by atoms with Gasteiger partial charge < -0.3 is 18.3 Å². The molecule has 0 atom stereocenters. The largest absolute Gasteiger partial charge is 0.497 e. The second kappa shape index (κ2) is 5.47. The summed E-state index contributed by atoms with van der Waals surface area (Å²) in [5, 5.41) is 0. The van der Waals surface area contributed by atoms with E-state index in [1.807, 2.05) is 0 Å². The van der Waals surface area contributed by atoms with E-state index in [0.29, 0.717) is 5.75 Å². The summed E-state index contributed by atoms with van der Waals surface area (Å²) in [4.78, 5) is 0. The van der Waals surface area contributed by atoms with Crippen molar-refractivity contribution in [2.45, 2.75) is 0 Å². The maximum Gasteiger partial charge on any atom is 0.380 e. The van der Waals surface area contributed by atoms with Crippen LogP contribution in [0.4, 0.5) is 0 Å². The van der Waals surface area contributed by atoms with Crippen LogP contribution in [0.25, 0.3) is 0 Å². The van der Waals surface area contributed by atoms with E-state index in [-0.39, 0.29) is 0 Å². The smallest absolute Gasteiger partial charge is 0.380 e. The Hall–Kier alpha value is -0.610. The summed E-state index contributed by atoms with van der Waals surface area (Å²) in [5.74, 6) is 1.35. The summed E-state index contributed by atoms with van der Waals surface area (Å²) >= 11 is 5.06. The third-order valence-corrected chi connectivity index (χ3v) is 4.17. The summed E-state index contributed by atoms with van der Waals surface area (Å²) in [6.07, 6.45) is 0. The zero-order valence-corrected chi connectivity index (χ0v) is 10.5. The highest BCUT2D eigenvalue weighted by atomic mass is 32.5. The molecule has 0 aliphatic rings. The first kappa shape index (κ1) is 12.5. The average molecular weight is 248 g/mol. The Kier molecular flexibility index (Phi) is 4.54. The van der Waals surface area contributed by atoms with Gasteiger partial charge in [-0.15, -0.1) is 0 Å². The van der Waals surface area contributed by atoms with E-state index >= 15 is 0 Å². The molecule has 0 saturated carbocycles. The van der Waals surface area contributed by atoms with Crippen LogP contribution in [0.15, 0.2) is 24.3 Å². The fraction of sp³-hybridized carbons (Fsp3) is 0.333. The molecule has 0 bridgehead atoms. The second-order valence-corrected chi connectivity index (χ2v) is 5.73. The van der Waals surface area contributed by atoms with Crippen molar-refractivity contribution in [3.63, 3.8) is 0 Å². The van der Waals surface area contributed by atoms with Gasteiger partial charge in [0.05, 0.1) is 7.11 Å². The number of methoxy groups -OCH3 is 1. The van der Waals surface area contributed by atoms with Crippen LogP contribution >= 0.6 is 6.72 Å². The highest BCUT2D eigenvalue weighted by Crippen LogP contribution is 2.48. The van der Waals surface area contributed by atoms with Crippen molar-refractivity contribution in [1.82, 2.24) is 0 Å². The van der Waals surface area contributed by atoms with Gasteiger partial charge in [-0.2, -0.15) is 0 Å². The van der Waals surface area contributed by atoms with Gasteiger partial charge in [0.25, 0.3) is 0 Å². The topological polar surface area (TPSA) is 36.9 Å². The molecule has 0 radical (unpaired) electrons. The third kappa shape index (κ3) is 3.47. The maximum atomic E-state index is 5.43. The summed E-state index contributed by atoms with van der Waals surface area (Å²) in [7, 11) is 4.53. The van der Waals surface area contributed by atoms with Crippen LogP contribution in [0.2, 0.25) is 0 Å². The van der Waals surface area contributed by atoms with Crippen LogP contribution in [-0.2, 0) is 20.9 Å². The van der Waals surface area contributed by atoms with Gasteiger partial charge in [0.15, 0.2) is 0 Å². The Bertz CT molecular complexity index is 344. The zero-order chi connectivity index (χ0) is 11.3. The van der Waals surface area contributed by atoms with Gasteiger partial charge in [-0.3, -0.25) is 0 Å². The van der Waals surface area contributed by atoms with Crippen LogP contribution in [0.3, 0.4) is 0 Å². The summed E-state index contributed by atoms with van der Waals surface area (Å²) < 4.78 is 20.4. The Labute approximate surface area is 94.4 Å². The van der Waals surface area contributed by atoms with E-state index in [9.17, 15) is 0 Å². The maximum absolute atomic E-state index is 5.43. The molecule has 0 aliphatic carbocycles. The van der Waals surface area contributed by atoms with E-state index in [2.05, 4.69) is 0 Å². The van der Waals surface area contributed by atoms with Gasteiger partial charge >= 0.3 is 6.72 Å². The van der Waals surface area contributed by atoms with Crippen molar-refractivity contribution in [3.05, 3.63) is 24.3 Å². The minimum absolute atomic E-state index is 0.600. The summed E-state index contributed by atoms with van der Waals surface area (Å²) in [5.41, 5.74) is 0. The molecule has 1 aromatic carbocycles. The van der Waals surface area contributed by atoms with Gasteiger partial charge in [-0.1, -0.05) is 0 Å². The number of ether oxygens (including phenoxy) is 1. The molecule has 0 spiro atoms. The lowest BCUT2D eigenvalue weighted by atomic mass is 10.3. The Morgan fingerprint density at radius 1 is 0.933 bits per heavy atom. The Balaban J connectivity index is 2.76. The van der Waals surface area contributed by atoms with Crippen molar-refractivity contribution in [1.29, 1.82) is 0 Å². The van der Waals surface area contributed by atoms with E-state index in [0.717, 1.165) is 5.75 Å². The average Bonchev–Trinajstić information content (AvgIpc) is 2.30. The lowest BCUT2D eigenvalue weighted by Crippen LogP contribution is -1.96. The Morgan fingerprint density at radius 2 is 1.40 bits per heavy atom. The minimum atomic E-state index is -2.63. The van der Waals surface area contributed by atoms with Gasteiger partial charge in [-0.05, 0) is 24.3 Å². The van der Waals surface area contributed by atoms with E-state index in [1.165, 1.54) is 14.2 Å². The van der Waals surface area contributed by atoms with Gasteiger partial charge in [0, 0.05) is 26.0 Å². The second-order valence-electron chi connectivity index (χ2n) is 2.58. The van der Waals surface area contributed by atoms with Gasteiger partial charge in [0.1, 0.15) is 11.5 Å². The van der Waals surface area contributed by atoms with Crippen LogP contribution < -0.4 is 9.26 Å². The Morgan fingerprint density at radius 3 is 1.80 bits per heavy atom. The fourth-order valence-electron chi connectivity index (χ4n) is 0.915. The van der Waals surface area contributed by atoms with Gasteiger partial charge in [0.2, 0.25) is 0 Å². The monoisotopic (exact) mass is 248 g/mol. The first-order chi connectivity index (χ1) is 7.13. The van der Waals surface area contributed by atoms with E-state index < -0.39 is 6.72 Å². The molecule has 1 rings (SSSR count). The molecule has 84 valence electrons. The molecule has 0 N–H and O–H groups in total. The number of rotatable bonds is 5. The molecular weight excluding hydrogens is 235 g/mol. The molecule has 6 heteroatoms. The lowest BCUT2D eigenvalue weighted by molar-refractivity contribution is 0.273. The predicted octanol–water partition coefficient (Wildman–Crippen LogP) is 2.59. The molecule has 0 amide bonds. The van der Waals surface area contributed by atoms with Crippen molar-refractivity contribution in [2.24, 2.45) is 0 Å². The highest BCUT2D eigenvalue weighted by molar-refractivity contribution is 8.07.